The number of nitrogens with one attached hydrogen (secondary N) is 2. The minimum Gasteiger partial charge on any atom is -0.462 e. The first-order valence-electron chi connectivity index (χ1n) is 8.50. The van der Waals surface area contributed by atoms with Crippen LogP contribution < -0.4 is 10.0 Å². The van der Waals surface area contributed by atoms with Gasteiger partial charge in [0, 0.05) is 0 Å². The average Bonchev–Trinajstić information content (AvgIpc) is 2.62. The molecular formula is C19H22N2O5S. The van der Waals surface area contributed by atoms with Gasteiger partial charge in [-0.05, 0) is 37.6 Å². The first-order valence-corrected chi connectivity index (χ1v) is 9.98. The van der Waals surface area contributed by atoms with Crippen molar-refractivity contribution < 1.29 is 22.7 Å². The molecule has 0 heterocycles. The van der Waals surface area contributed by atoms with Crippen molar-refractivity contribution in [2.45, 2.75) is 31.6 Å². The Morgan fingerprint density at radius 3 is 2.37 bits per heavy atom. The number of esters is 1. The Morgan fingerprint density at radius 2 is 1.70 bits per heavy atom. The number of benzene rings is 2. The summed E-state index contributed by atoms with van der Waals surface area (Å²) in [4.78, 5) is 24.3. The third-order valence-electron chi connectivity index (χ3n) is 3.68. The van der Waals surface area contributed by atoms with E-state index >= 15 is 0 Å². The predicted molar refractivity (Wildman–Crippen MR) is 102 cm³/mol. The number of carbonyl (C=O) groups excluding carboxylic acids is 2. The Hall–Kier alpha value is -2.87. The largest absolute Gasteiger partial charge is 0.462 e. The maximum atomic E-state index is 12.3. The molecule has 0 aliphatic carbocycles. The topological polar surface area (TPSA) is 102 Å². The molecule has 0 aliphatic heterocycles. The van der Waals surface area contributed by atoms with Gasteiger partial charge in [0.05, 0.1) is 22.8 Å². The fourth-order valence-electron chi connectivity index (χ4n) is 2.20. The quantitative estimate of drug-likeness (QED) is 0.557. The van der Waals surface area contributed by atoms with Crippen LogP contribution in [0.2, 0.25) is 0 Å². The number of hydrogen-bond donors (Lipinski definition) is 2. The van der Waals surface area contributed by atoms with E-state index in [9.17, 15) is 18.0 Å². The molecule has 0 bridgehead atoms. The molecule has 144 valence electrons. The molecule has 2 N–H and O–H groups in total. The second-order valence-electron chi connectivity index (χ2n) is 5.91. The van der Waals surface area contributed by atoms with Crippen LogP contribution in [0.4, 0.5) is 10.5 Å². The monoisotopic (exact) mass is 390 g/mol. The minimum atomic E-state index is -4.03. The normalized spacial score (nSPS) is 10.9. The summed E-state index contributed by atoms with van der Waals surface area (Å²) < 4.78 is 31.6. The number of ether oxygens (including phenoxy) is 1. The van der Waals surface area contributed by atoms with E-state index in [0.29, 0.717) is 0 Å². The van der Waals surface area contributed by atoms with Crippen molar-refractivity contribution in [1.29, 1.82) is 0 Å². The number of carbonyl (C=O) groups is 2. The first kappa shape index (κ1) is 20.4. The van der Waals surface area contributed by atoms with Crippen LogP contribution in [0.1, 0.15) is 35.7 Å². The fourth-order valence-corrected chi connectivity index (χ4v) is 3.11. The molecule has 27 heavy (non-hydrogen) atoms. The van der Waals surface area contributed by atoms with Gasteiger partial charge in [-0.2, -0.15) is 0 Å². The number of unbranched alkanes of at least 4 members (excludes halogenated alkanes) is 1. The van der Waals surface area contributed by atoms with Gasteiger partial charge in [0.15, 0.2) is 0 Å². The van der Waals surface area contributed by atoms with Gasteiger partial charge in [0.2, 0.25) is 0 Å². The maximum absolute atomic E-state index is 12.3. The predicted octanol–water partition coefficient (Wildman–Crippen LogP) is 3.46. The van der Waals surface area contributed by atoms with E-state index in [4.69, 9.17) is 4.74 Å². The fraction of sp³-hybridized carbons (Fsp3) is 0.263. The molecule has 0 fully saturated rings. The van der Waals surface area contributed by atoms with Crippen LogP contribution in [0.25, 0.3) is 0 Å². The lowest BCUT2D eigenvalue weighted by atomic mass is 10.2. The number of aryl methyl sites for hydroxylation is 1. The second kappa shape index (κ2) is 9.18. The SMILES string of the molecule is CCCCOC(=O)c1ccccc1NC(=O)NS(=O)(=O)c1ccc(C)cc1. The lowest BCUT2D eigenvalue weighted by Gasteiger charge is -2.12. The zero-order valence-electron chi connectivity index (χ0n) is 15.2. The smallest absolute Gasteiger partial charge is 0.340 e. The number of anilines is 1. The Labute approximate surface area is 158 Å². The summed E-state index contributed by atoms with van der Waals surface area (Å²) in [5.41, 5.74) is 1.21. The number of urea groups is 1. The highest BCUT2D eigenvalue weighted by molar-refractivity contribution is 7.90. The Balaban J connectivity index is 2.09. The lowest BCUT2D eigenvalue weighted by Crippen LogP contribution is -2.34. The highest BCUT2D eigenvalue weighted by atomic mass is 32.2. The lowest BCUT2D eigenvalue weighted by molar-refractivity contribution is 0.0501. The molecule has 2 rings (SSSR count). The third kappa shape index (κ3) is 5.82. The van der Waals surface area contributed by atoms with Crippen molar-refractivity contribution in [2.75, 3.05) is 11.9 Å². The first-order chi connectivity index (χ1) is 12.8. The summed E-state index contributed by atoms with van der Waals surface area (Å²) >= 11 is 0. The van der Waals surface area contributed by atoms with E-state index in [-0.39, 0.29) is 22.8 Å². The molecule has 0 radical (unpaired) electrons. The van der Waals surface area contributed by atoms with Crippen molar-refractivity contribution in [2.24, 2.45) is 0 Å². The maximum Gasteiger partial charge on any atom is 0.340 e. The summed E-state index contributed by atoms with van der Waals surface area (Å²) in [6.45, 7) is 4.08. The van der Waals surface area contributed by atoms with Gasteiger partial charge < -0.3 is 10.1 Å². The standard InChI is InChI=1S/C19H22N2O5S/c1-3-4-13-26-18(22)16-7-5-6-8-17(16)20-19(23)21-27(24,25)15-11-9-14(2)10-12-15/h5-12H,3-4,13H2,1-2H3,(H2,20,21,23). The molecular weight excluding hydrogens is 368 g/mol. The molecule has 0 aromatic heterocycles. The number of rotatable bonds is 7. The molecule has 7 nitrogen and oxygen atoms in total. The molecule has 8 heteroatoms. The highest BCUT2D eigenvalue weighted by Gasteiger charge is 2.19. The molecule has 0 aliphatic rings. The summed E-state index contributed by atoms with van der Waals surface area (Å²) in [5.74, 6) is -0.583. The van der Waals surface area contributed by atoms with Crippen LogP contribution in [0.3, 0.4) is 0 Å². The van der Waals surface area contributed by atoms with E-state index in [0.717, 1.165) is 18.4 Å². The third-order valence-corrected chi connectivity index (χ3v) is 5.03. The van der Waals surface area contributed by atoms with Crippen molar-refractivity contribution >= 4 is 27.7 Å². The molecule has 0 saturated heterocycles. The van der Waals surface area contributed by atoms with Crippen LogP contribution in [-0.4, -0.2) is 27.0 Å². The molecule has 0 saturated carbocycles. The van der Waals surface area contributed by atoms with Gasteiger partial charge in [0.25, 0.3) is 10.0 Å². The van der Waals surface area contributed by atoms with Crippen molar-refractivity contribution in [1.82, 2.24) is 4.72 Å². The average molecular weight is 390 g/mol. The number of amides is 2. The molecule has 0 unspecified atom stereocenters. The van der Waals surface area contributed by atoms with Crippen LogP contribution in [0.5, 0.6) is 0 Å². The molecule has 0 atom stereocenters. The summed E-state index contributed by atoms with van der Waals surface area (Å²) in [5, 5.41) is 2.39. The van der Waals surface area contributed by atoms with Crippen molar-refractivity contribution in [3.8, 4) is 0 Å². The van der Waals surface area contributed by atoms with Crippen LogP contribution >= 0.6 is 0 Å². The van der Waals surface area contributed by atoms with Gasteiger partial charge in [-0.15, -0.1) is 0 Å². The van der Waals surface area contributed by atoms with E-state index < -0.39 is 22.0 Å². The minimum absolute atomic E-state index is 0.0319. The molecule has 2 aromatic carbocycles. The van der Waals surface area contributed by atoms with E-state index in [2.05, 4.69) is 5.32 Å². The van der Waals surface area contributed by atoms with Gasteiger partial charge in [-0.25, -0.2) is 22.7 Å². The zero-order valence-corrected chi connectivity index (χ0v) is 16.0. The summed E-state index contributed by atoms with van der Waals surface area (Å²) in [6, 6.07) is 11.3. The van der Waals surface area contributed by atoms with Crippen LogP contribution in [0.15, 0.2) is 53.4 Å². The Kier molecular flexibility index (Phi) is 6.95. The van der Waals surface area contributed by atoms with E-state index in [1.165, 1.54) is 24.3 Å². The molecule has 2 aromatic rings. The van der Waals surface area contributed by atoms with Gasteiger partial charge >= 0.3 is 12.0 Å². The van der Waals surface area contributed by atoms with Crippen LogP contribution in [-0.2, 0) is 14.8 Å². The number of hydrogen-bond acceptors (Lipinski definition) is 5. The number of para-hydroxylation sites is 1. The van der Waals surface area contributed by atoms with Crippen molar-refractivity contribution in [3.05, 3.63) is 59.7 Å². The zero-order chi connectivity index (χ0) is 19.9. The second-order valence-corrected chi connectivity index (χ2v) is 7.59. The van der Waals surface area contributed by atoms with E-state index in [1.807, 2.05) is 18.6 Å². The van der Waals surface area contributed by atoms with Gasteiger partial charge in [0.1, 0.15) is 0 Å². The Morgan fingerprint density at radius 1 is 1.04 bits per heavy atom. The molecule has 0 spiro atoms. The van der Waals surface area contributed by atoms with Crippen LogP contribution in [0, 0.1) is 6.92 Å². The highest BCUT2D eigenvalue weighted by Crippen LogP contribution is 2.17. The Bertz CT molecular complexity index is 908. The van der Waals surface area contributed by atoms with E-state index in [1.54, 1.807) is 24.3 Å². The van der Waals surface area contributed by atoms with Crippen molar-refractivity contribution in [3.63, 3.8) is 0 Å². The summed E-state index contributed by atoms with van der Waals surface area (Å²) in [6.07, 6.45) is 1.61. The summed E-state index contributed by atoms with van der Waals surface area (Å²) in [7, 11) is -4.03. The number of sulfonamides is 1. The van der Waals surface area contributed by atoms with Gasteiger partial charge in [-0.3, -0.25) is 0 Å². The molecule has 2 amide bonds. The van der Waals surface area contributed by atoms with Gasteiger partial charge in [-0.1, -0.05) is 43.2 Å².